The van der Waals surface area contributed by atoms with Crippen molar-refractivity contribution in [2.45, 2.75) is 0 Å². The van der Waals surface area contributed by atoms with Crippen molar-refractivity contribution in [2.75, 3.05) is 5.43 Å². The van der Waals surface area contributed by atoms with E-state index in [2.05, 4.69) is 10.5 Å². The number of benzene rings is 1. The Labute approximate surface area is 82.1 Å². The zero-order valence-corrected chi connectivity index (χ0v) is 7.55. The smallest absolute Gasteiger partial charge is 0.146 e. The van der Waals surface area contributed by atoms with E-state index in [9.17, 15) is 0 Å². The summed E-state index contributed by atoms with van der Waals surface area (Å²) >= 11 is 0. The van der Waals surface area contributed by atoms with Crippen LogP contribution < -0.4 is 5.43 Å². The van der Waals surface area contributed by atoms with Crippen molar-refractivity contribution < 1.29 is 4.42 Å². The van der Waals surface area contributed by atoms with Gasteiger partial charge in [0.25, 0.3) is 0 Å². The van der Waals surface area contributed by atoms with Gasteiger partial charge < -0.3 is 4.42 Å². The van der Waals surface area contributed by atoms with Crippen LogP contribution in [-0.2, 0) is 0 Å². The summed E-state index contributed by atoms with van der Waals surface area (Å²) in [5.74, 6) is 0.730. The topological polar surface area (TPSA) is 37.5 Å². The summed E-state index contributed by atoms with van der Waals surface area (Å²) in [5.41, 5.74) is 3.85. The minimum Gasteiger partial charge on any atom is -0.463 e. The van der Waals surface area contributed by atoms with Crippen molar-refractivity contribution in [1.82, 2.24) is 0 Å². The maximum atomic E-state index is 5.08. The van der Waals surface area contributed by atoms with Crippen molar-refractivity contribution in [3.05, 3.63) is 54.5 Å². The molecule has 0 unspecified atom stereocenters. The number of para-hydroxylation sites is 1. The molecule has 3 heteroatoms. The van der Waals surface area contributed by atoms with Crippen LogP contribution in [0.25, 0.3) is 0 Å². The molecule has 0 fully saturated rings. The third-order valence-corrected chi connectivity index (χ3v) is 1.70. The molecule has 0 radical (unpaired) electrons. The maximum absolute atomic E-state index is 5.08. The van der Waals surface area contributed by atoms with Gasteiger partial charge in [-0.15, -0.1) is 0 Å². The highest BCUT2D eigenvalue weighted by molar-refractivity contribution is 5.76. The fraction of sp³-hybridized carbons (Fsp3) is 0. The summed E-state index contributed by atoms with van der Waals surface area (Å²) in [7, 11) is 0. The van der Waals surface area contributed by atoms with Crippen LogP contribution in [0.4, 0.5) is 5.69 Å². The van der Waals surface area contributed by atoms with Crippen molar-refractivity contribution in [3.8, 4) is 0 Å². The summed E-state index contributed by atoms with van der Waals surface area (Å²) in [6.07, 6.45) is 3.25. The number of hydrogen-bond donors (Lipinski definition) is 1. The van der Waals surface area contributed by atoms with Crippen molar-refractivity contribution in [3.63, 3.8) is 0 Å². The second-order valence-electron chi connectivity index (χ2n) is 2.75. The van der Waals surface area contributed by atoms with Crippen LogP contribution in [0.3, 0.4) is 0 Å². The average Bonchev–Trinajstić information content (AvgIpc) is 2.72. The molecule has 1 heterocycles. The Bertz CT molecular complexity index is 392. The van der Waals surface area contributed by atoms with Gasteiger partial charge in [-0.1, -0.05) is 18.2 Å². The van der Waals surface area contributed by atoms with Gasteiger partial charge >= 0.3 is 0 Å². The predicted molar refractivity (Wildman–Crippen MR) is 56.4 cm³/mol. The van der Waals surface area contributed by atoms with E-state index in [1.54, 1.807) is 12.5 Å². The van der Waals surface area contributed by atoms with E-state index in [4.69, 9.17) is 4.42 Å². The van der Waals surface area contributed by atoms with Gasteiger partial charge in [0.05, 0.1) is 18.2 Å². The Morgan fingerprint density at radius 3 is 2.64 bits per heavy atom. The van der Waals surface area contributed by atoms with E-state index in [1.807, 2.05) is 42.5 Å². The molecule has 1 N–H and O–H groups in total. The second-order valence-corrected chi connectivity index (χ2v) is 2.75. The minimum atomic E-state index is 0.730. The molecule has 3 nitrogen and oxygen atoms in total. The van der Waals surface area contributed by atoms with E-state index >= 15 is 0 Å². The molecule has 0 aliphatic heterocycles. The van der Waals surface area contributed by atoms with Gasteiger partial charge in [-0.2, -0.15) is 5.10 Å². The number of anilines is 1. The van der Waals surface area contributed by atoms with E-state index in [1.165, 1.54) is 0 Å². The molecular weight excluding hydrogens is 176 g/mol. The first kappa shape index (κ1) is 8.56. The molecular formula is C11H10N2O. The monoisotopic (exact) mass is 186 g/mol. The van der Waals surface area contributed by atoms with Gasteiger partial charge in [-0.05, 0) is 24.3 Å². The first-order valence-electron chi connectivity index (χ1n) is 4.33. The summed E-state index contributed by atoms with van der Waals surface area (Å²) < 4.78 is 5.08. The Kier molecular flexibility index (Phi) is 2.62. The molecule has 0 spiro atoms. The minimum absolute atomic E-state index is 0.730. The number of furan rings is 1. The lowest BCUT2D eigenvalue weighted by atomic mass is 10.3. The fourth-order valence-corrected chi connectivity index (χ4v) is 1.05. The molecule has 2 aromatic rings. The molecule has 0 atom stereocenters. The third-order valence-electron chi connectivity index (χ3n) is 1.70. The largest absolute Gasteiger partial charge is 0.463 e. The SMILES string of the molecule is C(=N/Nc1ccccc1)/c1ccco1. The van der Waals surface area contributed by atoms with E-state index in [0.717, 1.165) is 11.4 Å². The molecule has 1 aromatic carbocycles. The highest BCUT2D eigenvalue weighted by atomic mass is 16.3. The Balaban J connectivity index is 1.95. The summed E-state index contributed by atoms with van der Waals surface area (Å²) in [6.45, 7) is 0. The van der Waals surface area contributed by atoms with Crippen LogP contribution in [0, 0.1) is 0 Å². The van der Waals surface area contributed by atoms with Gasteiger partial charge in [0.1, 0.15) is 5.76 Å². The van der Waals surface area contributed by atoms with Crippen molar-refractivity contribution in [2.24, 2.45) is 5.10 Å². The van der Waals surface area contributed by atoms with Crippen LogP contribution in [-0.4, -0.2) is 6.21 Å². The van der Waals surface area contributed by atoms with Crippen LogP contribution in [0.2, 0.25) is 0 Å². The van der Waals surface area contributed by atoms with Gasteiger partial charge in [-0.25, -0.2) is 0 Å². The summed E-state index contributed by atoms with van der Waals surface area (Å²) in [5, 5.41) is 4.02. The molecule has 0 aliphatic rings. The number of nitrogens with one attached hydrogen (secondary N) is 1. The lowest BCUT2D eigenvalue weighted by Crippen LogP contribution is -1.88. The fourth-order valence-electron chi connectivity index (χ4n) is 1.05. The summed E-state index contributed by atoms with van der Waals surface area (Å²) in [6, 6.07) is 13.4. The van der Waals surface area contributed by atoms with E-state index < -0.39 is 0 Å². The Morgan fingerprint density at radius 1 is 1.07 bits per heavy atom. The highest BCUT2D eigenvalue weighted by Crippen LogP contribution is 2.04. The summed E-state index contributed by atoms with van der Waals surface area (Å²) in [4.78, 5) is 0. The Hall–Kier alpha value is -2.03. The zero-order chi connectivity index (χ0) is 9.64. The molecule has 1 aromatic heterocycles. The quantitative estimate of drug-likeness (QED) is 0.591. The van der Waals surface area contributed by atoms with Gasteiger partial charge in [0.15, 0.2) is 0 Å². The molecule has 2 rings (SSSR count). The highest BCUT2D eigenvalue weighted by Gasteiger charge is 1.88. The van der Waals surface area contributed by atoms with Crippen molar-refractivity contribution >= 4 is 11.9 Å². The zero-order valence-electron chi connectivity index (χ0n) is 7.55. The van der Waals surface area contributed by atoms with Crippen LogP contribution in [0.5, 0.6) is 0 Å². The molecule has 0 bridgehead atoms. The number of hydrazone groups is 1. The van der Waals surface area contributed by atoms with Crippen LogP contribution in [0.1, 0.15) is 5.76 Å². The second kappa shape index (κ2) is 4.28. The van der Waals surface area contributed by atoms with E-state index in [0.29, 0.717) is 0 Å². The third kappa shape index (κ3) is 2.23. The molecule has 0 aliphatic carbocycles. The predicted octanol–water partition coefficient (Wildman–Crippen LogP) is 2.73. The number of rotatable bonds is 3. The normalized spacial score (nSPS) is 10.6. The standard InChI is InChI=1S/C11H10N2O/c1-2-5-10(6-3-1)13-12-9-11-7-4-8-14-11/h1-9,13H/b12-9-. The lowest BCUT2D eigenvalue weighted by Gasteiger charge is -1.96. The lowest BCUT2D eigenvalue weighted by molar-refractivity contribution is 0.560. The molecule has 0 amide bonds. The first-order chi connectivity index (χ1) is 6.95. The van der Waals surface area contributed by atoms with Gasteiger partial charge in [0.2, 0.25) is 0 Å². The molecule has 0 saturated carbocycles. The number of hydrogen-bond acceptors (Lipinski definition) is 3. The molecule has 14 heavy (non-hydrogen) atoms. The van der Waals surface area contributed by atoms with Gasteiger partial charge in [0, 0.05) is 0 Å². The van der Waals surface area contributed by atoms with E-state index in [-0.39, 0.29) is 0 Å². The van der Waals surface area contributed by atoms with Crippen molar-refractivity contribution in [1.29, 1.82) is 0 Å². The number of nitrogens with zero attached hydrogens (tertiary/aromatic N) is 1. The van der Waals surface area contributed by atoms with Crippen LogP contribution >= 0.6 is 0 Å². The molecule has 0 saturated heterocycles. The Morgan fingerprint density at radius 2 is 1.93 bits per heavy atom. The average molecular weight is 186 g/mol. The maximum Gasteiger partial charge on any atom is 0.146 e. The van der Waals surface area contributed by atoms with Gasteiger partial charge in [-0.3, -0.25) is 5.43 Å². The molecule has 70 valence electrons. The first-order valence-corrected chi connectivity index (χ1v) is 4.33. The van der Waals surface area contributed by atoms with Crippen LogP contribution in [0.15, 0.2) is 58.2 Å².